The summed E-state index contributed by atoms with van der Waals surface area (Å²) in [7, 11) is -5.21. The van der Waals surface area contributed by atoms with Crippen LogP contribution < -0.4 is 14.3 Å². The molecule has 0 unspecified atom stereocenters. The lowest BCUT2D eigenvalue weighted by Gasteiger charge is -2.28. The minimum absolute atomic E-state index is 0.0376. The Labute approximate surface area is 242 Å². The van der Waals surface area contributed by atoms with Crippen LogP contribution in [0.5, 0.6) is 11.5 Å². The second-order valence-electron chi connectivity index (χ2n) is 10.4. The molecular weight excluding hydrogens is 559 g/mol. The van der Waals surface area contributed by atoms with Crippen molar-refractivity contribution in [2.45, 2.75) is 38.6 Å². The van der Waals surface area contributed by atoms with E-state index in [0.717, 1.165) is 36.6 Å². The SMILES string of the molecule is C#Cc1ccc2c(c1)[nH]c1c2c(=O)c2cc(OCCCC)c(-c3cccc(OS(=O)(=O)F)c3)cc2n1C1CCOCC1. The third-order valence-corrected chi connectivity index (χ3v) is 8.06. The fourth-order valence-electron chi connectivity index (χ4n) is 5.71. The molecule has 0 atom stereocenters. The molecule has 0 bridgehead atoms. The fourth-order valence-corrected chi connectivity index (χ4v) is 6.05. The molecule has 0 spiro atoms. The molecule has 5 aromatic rings. The van der Waals surface area contributed by atoms with E-state index < -0.39 is 10.5 Å². The van der Waals surface area contributed by atoms with E-state index in [4.69, 9.17) is 15.9 Å². The quantitative estimate of drug-likeness (QED) is 0.128. The molecule has 0 aliphatic carbocycles. The molecule has 1 saturated heterocycles. The summed E-state index contributed by atoms with van der Waals surface area (Å²) in [5.74, 6) is 2.94. The number of benzene rings is 3. The first-order valence-electron chi connectivity index (χ1n) is 13.9. The average molecular weight is 589 g/mol. The van der Waals surface area contributed by atoms with Gasteiger partial charge in [0.15, 0.2) is 5.43 Å². The Balaban J connectivity index is 1.68. The van der Waals surface area contributed by atoms with Gasteiger partial charge in [-0.3, -0.25) is 4.79 Å². The molecule has 1 N–H and O–H groups in total. The number of aromatic amines is 1. The number of terminal acetylenes is 1. The zero-order chi connectivity index (χ0) is 29.4. The lowest BCUT2D eigenvalue weighted by molar-refractivity contribution is 0.0715. The summed E-state index contributed by atoms with van der Waals surface area (Å²) in [4.78, 5) is 17.7. The van der Waals surface area contributed by atoms with E-state index in [2.05, 4.69) is 26.6 Å². The Morgan fingerprint density at radius 1 is 1.12 bits per heavy atom. The van der Waals surface area contributed by atoms with Gasteiger partial charge in [-0.05, 0) is 61.2 Å². The summed E-state index contributed by atoms with van der Waals surface area (Å²) in [6.45, 7) is 3.64. The molecule has 0 radical (unpaired) electrons. The Hall–Kier alpha value is -4.33. The highest BCUT2D eigenvalue weighted by Gasteiger charge is 2.25. The van der Waals surface area contributed by atoms with Crippen molar-refractivity contribution in [3.8, 4) is 35.0 Å². The molecule has 1 aliphatic rings. The molecule has 42 heavy (non-hydrogen) atoms. The first-order chi connectivity index (χ1) is 20.3. The highest BCUT2D eigenvalue weighted by molar-refractivity contribution is 7.81. The van der Waals surface area contributed by atoms with Crippen LogP contribution in [0.1, 0.15) is 44.2 Å². The van der Waals surface area contributed by atoms with Gasteiger partial charge in [0, 0.05) is 41.3 Å². The van der Waals surface area contributed by atoms with Crippen LogP contribution in [0.25, 0.3) is 44.0 Å². The number of pyridine rings is 1. The van der Waals surface area contributed by atoms with Crippen LogP contribution in [0, 0.1) is 12.3 Å². The Bertz CT molecular complexity index is 2030. The van der Waals surface area contributed by atoms with Gasteiger partial charge >= 0.3 is 10.5 Å². The summed E-state index contributed by atoms with van der Waals surface area (Å²) in [5, 5.41) is 1.85. The number of H-pyrrole nitrogens is 1. The van der Waals surface area contributed by atoms with Crippen molar-refractivity contribution in [2.24, 2.45) is 0 Å². The fraction of sp³-hybridized carbons (Fsp3) is 0.281. The lowest BCUT2D eigenvalue weighted by atomic mass is 9.99. The minimum atomic E-state index is -5.21. The van der Waals surface area contributed by atoms with Crippen LogP contribution in [-0.4, -0.2) is 37.8 Å². The molecule has 10 heteroatoms. The maximum atomic E-state index is 14.2. The molecule has 0 saturated carbocycles. The third kappa shape index (κ3) is 5.22. The van der Waals surface area contributed by atoms with Crippen molar-refractivity contribution in [1.82, 2.24) is 9.55 Å². The van der Waals surface area contributed by atoms with Crippen molar-refractivity contribution in [1.29, 1.82) is 0 Å². The monoisotopic (exact) mass is 588 g/mol. The molecular formula is C32H29FN2O6S. The smallest absolute Gasteiger partial charge is 0.488 e. The van der Waals surface area contributed by atoms with Gasteiger partial charge in [0.05, 0.1) is 22.9 Å². The first-order valence-corrected chi connectivity index (χ1v) is 15.2. The molecule has 1 aliphatic heterocycles. The number of fused-ring (bicyclic) bond motifs is 4. The minimum Gasteiger partial charge on any atom is -0.493 e. The van der Waals surface area contributed by atoms with E-state index in [9.17, 15) is 17.1 Å². The predicted molar refractivity (Wildman–Crippen MR) is 161 cm³/mol. The van der Waals surface area contributed by atoms with E-state index in [0.29, 0.717) is 64.2 Å². The highest BCUT2D eigenvalue weighted by atomic mass is 32.3. The summed E-state index contributed by atoms with van der Waals surface area (Å²) in [6, 6.07) is 15.4. The average Bonchev–Trinajstić information content (AvgIpc) is 3.35. The van der Waals surface area contributed by atoms with Crippen LogP contribution in [0.15, 0.2) is 59.4 Å². The first kappa shape index (κ1) is 27.8. The van der Waals surface area contributed by atoms with Crippen LogP contribution in [0.4, 0.5) is 3.89 Å². The van der Waals surface area contributed by atoms with Crippen LogP contribution in [0.2, 0.25) is 0 Å². The number of hydrogen-bond donors (Lipinski definition) is 1. The molecule has 3 aromatic carbocycles. The number of nitrogens with zero attached hydrogens (tertiary/aromatic N) is 1. The van der Waals surface area contributed by atoms with Gasteiger partial charge in [0.25, 0.3) is 0 Å². The maximum absolute atomic E-state index is 14.2. The van der Waals surface area contributed by atoms with Crippen molar-refractivity contribution >= 4 is 43.3 Å². The van der Waals surface area contributed by atoms with Gasteiger partial charge in [-0.25, -0.2) is 0 Å². The number of halogens is 1. The molecule has 2 aromatic heterocycles. The number of hydrogen-bond acceptors (Lipinski definition) is 6. The van der Waals surface area contributed by atoms with Crippen molar-refractivity contribution < 1.29 is 26.0 Å². The molecule has 1 fully saturated rings. The van der Waals surface area contributed by atoms with Crippen molar-refractivity contribution in [3.05, 3.63) is 70.4 Å². The molecule has 216 valence electrons. The zero-order valence-electron chi connectivity index (χ0n) is 23.0. The Morgan fingerprint density at radius 3 is 2.67 bits per heavy atom. The zero-order valence-corrected chi connectivity index (χ0v) is 23.8. The van der Waals surface area contributed by atoms with Gasteiger partial charge in [-0.2, -0.15) is 8.42 Å². The maximum Gasteiger partial charge on any atom is 0.488 e. The van der Waals surface area contributed by atoms with Crippen molar-refractivity contribution in [3.63, 3.8) is 0 Å². The van der Waals surface area contributed by atoms with E-state index in [1.165, 1.54) is 12.1 Å². The van der Waals surface area contributed by atoms with Crippen LogP contribution >= 0.6 is 0 Å². The van der Waals surface area contributed by atoms with Gasteiger partial charge in [-0.1, -0.05) is 41.3 Å². The second-order valence-corrected chi connectivity index (χ2v) is 11.3. The molecule has 0 amide bonds. The second kappa shape index (κ2) is 11.2. The third-order valence-electron chi connectivity index (χ3n) is 7.67. The Kier molecular flexibility index (Phi) is 7.39. The van der Waals surface area contributed by atoms with E-state index >= 15 is 0 Å². The van der Waals surface area contributed by atoms with Crippen LogP contribution in [0.3, 0.4) is 0 Å². The van der Waals surface area contributed by atoms with Crippen LogP contribution in [-0.2, 0) is 15.2 Å². The molecule has 3 heterocycles. The number of nitrogens with one attached hydrogen (secondary N) is 1. The van der Waals surface area contributed by atoms with Gasteiger partial charge in [-0.15, -0.1) is 6.42 Å². The largest absolute Gasteiger partial charge is 0.493 e. The van der Waals surface area contributed by atoms with Crippen molar-refractivity contribution in [2.75, 3.05) is 19.8 Å². The van der Waals surface area contributed by atoms with Gasteiger partial charge in [0.2, 0.25) is 0 Å². The highest BCUT2D eigenvalue weighted by Crippen LogP contribution is 2.39. The lowest BCUT2D eigenvalue weighted by Crippen LogP contribution is -2.22. The van der Waals surface area contributed by atoms with Gasteiger partial charge < -0.3 is 23.2 Å². The normalized spacial score (nSPS) is 14.4. The molecule has 8 nitrogen and oxygen atoms in total. The predicted octanol–water partition coefficient (Wildman–Crippen LogP) is 6.41. The number of ether oxygens (including phenoxy) is 2. The summed E-state index contributed by atoms with van der Waals surface area (Å²) < 4.78 is 54.3. The molecule has 6 rings (SSSR count). The van der Waals surface area contributed by atoms with Gasteiger partial charge in [0.1, 0.15) is 17.1 Å². The number of unbranched alkanes of at least 4 members (excludes halogenated alkanes) is 1. The summed E-state index contributed by atoms with van der Waals surface area (Å²) in [6.07, 6.45) is 8.86. The van der Waals surface area contributed by atoms with E-state index in [1.54, 1.807) is 18.2 Å². The Morgan fingerprint density at radius 2 is 1.93 bits per heavy atom. The number of rotatable bonds is 8. The summed E-state index contributed by atoms with van der Waals surface area (Å²) in [5.41, 5.74) is 3.87. The topological polar surface area (TPSA) is 99.6 Å². The standard InChI is InChI=1S/C32H29FN2O6S/c1-3-5-13-40-29-19-26-28(18-25(29)21-7-6-8-23(17-21)41-42(33,37)38)35(22-11-14-39-15-12-22)32-30(31(26)36)24-10-9-20(4-2)16-27(24)34-32/h2,6-10,16-19,22,34H,3,5,11-15H2,1H3. The van der Waals surface area contributed by atoms with E-state index in [1.807, 2.05) is 24.3 Å². The number of aromatic nitrogens is 2. The van der Waals surface area contributed by atoms with E-state index in [-0.39, 0.29) is 17.2 Å². The summed E-state index contributed by atoms with van der Waals surface area (Å²) >= 11 is 0.